The molecule has 146 valence electrons. The first-order chi connectivity index (χ1) is 14.0. The highest BCUT2D eigenvalue weighted by Crippen LogP contribution is 2.19. The van der Waals surface area contributed by atoms with Gasteiger partial charge in [-0.2, -0.15) is 0 Å². The molecule has 0 aliphatic carbocycles. The average Bonchev–Trinajstić information content (AvgIpc) is 2.74. The highest BCUT2D eigenvalue weighted by molar-refractivity contribution is 5.99. The molecule has 0 saturated heterocycles. The Bertz CT molecular complexity index is 998. The number of benzene rings is 3. The summed E-state index contributed by atoms with van der Waals surface area (Å²) in [6, 6.07) is 23.8. The summed E-state index contributed by atoms with van der Waals surface area (Å²) in [5, 5.41) is 7.95. The molecular formula is C23H21N3O3. The number of hydrogen-bond acceptors (Lipinski definition) is 3. The van der Waals surface area contributed by atoms with Gasteiger partial charge < -0.3 is 16.0 Å². The Balaban J connectivity index is 1.51. The molecule has 0 atom stereocenters. The molecule has 0 aromatic heterocycles. The van der Waals surface area contributed by atoms with E-state index in [4.69, 9.17) is 0 Å². The van der Waals surface area contributed by atoms with Crippen LogP contribution in [0.2, 0.25) is 0 Å². The number of hydrogen-bond donors (Lipinski definition) is 3. The molecule has 0 bridgehead atoms. The first kappa shape index (κ1) is 19.8. The quantitative estimate of drug-likeness (QED) is 0.603. The highest BCUT2D eigenvalue weighted by Gasteiger charge is 2.09. The SMILES string of the molecule is CC(=O)Nc1ccc(NC(=O)CNC(=O)c2ccc(-c3ccccc3)cc2)cc1. The molecule has 3 aromatic carbocycles. The minimum absolute atomic E-state index is 0.146. The standard InChI is InChI=1S/C23H21N3O3/c1-16(27)25-20-11-13-21(14-12-20)26-22(28)15-24-23(29)19-9-7-18(8-10-19)17-5-3-2-4-6-17/h2-14H,15H2,1H3,(H,24,29)(H,25,27)(H,26,28). The first-order valence-corrected chi connectivity index (χ1v) is 9.12. The largest absolute Gasteiger partial charge is 0.343 e. The van der Waals surface area contributed by atoms with E-state index in [0.29, 0.717) is 16.9 Å². The van der Waals surface area contributed by atoms with Crippen LogP contribution in [0.3, 0.4) is 0 Å². The Labute approximate surface area is 169 Å². The predicted molar refractivity (Wildman–Crippen MR) is 114 cm³/mol. The van der Waals surface area contributed by atoms with E-state index in [1.807, 2.05) is 42.5 Å². The van der Waals surface area contributed by atoms with Gasteiger partial charge in [0.25, 0.3) is 5.91 Å². The summed E-state index contributed by atoms with van der Waals surface area (Å²) in [6.45, 7) is 1.28. The van der Waals surface area contributed by atoms with Gasteiger partial charge in [-0.3, -0.25) is 14.4 Å². The second-order valence-corrected chi connectivity index (χ2v) is 6.43. The zero-order valence-corrected chi connectivity index (χ0v) is 15.9. The minimum Gasteiger partial charge on any atom is -0.343 e. The van der Waals surface area contributed by atoms with Gasteiger partial charge in [0.2, 0.25) is 11.8 Å². The fourth-order valence-electron chi connectivity index (χ4n) is 2.75. The lowest BCUT2D eigenvalue weighted by Gasteiger charge is -2.09. The molecule has 0 radical (unpaired) electrons. The van der Waals surface area contributed by atoms with E-state index in [1.54, 1.807) is 36.4 Å². The molecular weight excluding hydrogens is 366 g/mol. The van der Waals surface area contributed by atoms with Crippen molar-refractivity contribution >= 4 is 29.1 Å². The molecule has 0 aliphatic heterocycles. The van der Waals surface area contributed by atoms with Crippen molar-refractivity contribution in [2.24, 2.45) is 0 Å². The molecule has 0 spiro atoms. The van der Waals surface area contributed by atoms with Gasteiger partial charge in [-0.25, -0.2) is 0 Å². The summed E-state index contributed by atoms with van der Waals surface area (Å²) in [5.74, 6) is -0.825. The van der Waals surface area contributed by atoms with E-state index in [9.17, 15) is 14.4 Å². The molecule has 0 fully saturated rings. The van der Waals surface area contributed by atoms with Crippen molar-refractivity contribution < 1.29 is 14.4 Å². The van der Waals surface area contributed by atoms with Crippen LogP contribution in [0.4, 0.5) is 11.4 Å². The molecule has 3 N–H and O–H groups in total. The maximum atomic E-state index is 12.3. The Morgan fingerprint density at radius 1 is 0.690 bits per heavy atom. The van der Waals surface area contributed by atoms with Crippen molar-refractivity contribution in [3.8, 4) is 11.1 Å². The zero-order chi connectivity index (χ0) is 20.6. The second-order valence-electron chi connectivity index (χ2n) is 6.43. The van der Waals surface area contributed by atoms with Crippen LogP contribution in [0.1, 0.15) is 17.3 Å². The normalized spacial score (nSPS) is 10.1. The van der Waals surface area contributed by atoms with Crippen LogP contribution < -0.4 is 16.0 Å². The first-order valence-electron chi connectivity index (χ1n) is 9.12. The van der Waals surface area contributed by atoms with Crippen molar-refractivity contribution in [1.82, 2.24) is 5.32 Å². The molecule has 3 amide bonds. The minimum atomic E-state index is -0.341. The van der Waals surface area contributed by atoms with Crippen LogP contribution in [0.15, 0.2) is 78.9 Å². The van der Waals surface area contributed by atoms with Crippen LogP contribution in [0.25, 0.3) is 11.1 Å². The molecule has 6 heteroatoms. The molecule has 0 saturated carbocycles. The van der Waals surface area contributed by atoms with Crippen LogP contribution in [0, 0.1) is 0 Å². The number of anilines is 2. The second kappa shape index (κ2) is 9.32. The van der Waals surface area contributed by atoms with E-state index in [1.165, 1.54) is 6.92 Å². The lowest BCUT2D eigenvalue weighted by molar-refractivity contribution is -0.115. The van der Waals surface area contributed by atoms with Crippen molar-refractivity contribution in [3.05, 3.63) is 84.4 Å². The lowest BCUT2D eigenvalue weighted by atomic mass is 10.0. The summed E-state index contributed by atoms with van der Waals surface area (Å²) in [5.41, 5.74) is 3.79. The predicted octanol–water partition coefficient (Wildman–Crippen LogP) is 3.68. The molecule has 0 aliphatic rings. The molecule has 29 heavy (non-hydrogen) atoms. The molecule has 0 unspecified atom stereocenters. The molecule has 0 heterocycles. The Morgan fingerprint density at radius 3 is 1.83 bits per heavy atom. The van der Waals surface area contributed by atoms with Gasteiger partial charge >= 0.3 is 0 Å². The lowest BCUT2D eigenvalue weighted by Crippen LogP contribution is -2.32. The van der Waals surface area contributed by atoms with E-state index in [0.717, 1.165) is 11.1 Å². The fraction of sp³-hybridized carbons (Fsp3) is 0.0870. The highest BCUT2D eigenvalue weighted by atomic mass is 16.2. The smallest absolute Gasteiger partial charge is 0.251 e. The van der Waals surface area contributed by atoms with Gasteiger partial charge in [0, 0.05) is 23.9 Å². The third kappa shape index (κ3) is 5.77. The Morgan fingerprint density at radius 2 is 1.24 bits per heavy atom. The van der Waals surface area contributed by atoms with Crippen LogP contribution in [-0.2, 0) is 9.59 Å². The van der Waals surface area contributed by atoms with Crippen LogP contribution in [0.5, 0.6) is 0 Å². The van der Waals surface area contributed by atoms with E-state index in [2.05, 4.69) is 16.0 Å². The summed E-state index contributed by atoms with van der Waals surface area (Å²) in [4.78, 5) is 35.3. The zero-order valence-electron chi connectivity index (χ0n) is 15.9. The number of amides is 3. The van der Waals surface area contributed by atoms with Gasteiger partial charge in [-0.1, -0.05) is 42.5 Å². The van der Waals surface area contributed by atoms with Gasteiger partial charge in [0.1, 0.15) is 0 Å². The Kier molecular flexibility index (Phi) is 6.37. The monoisotopic (exact) mass is 387 g/mol. The van der Waals surface area contributed by atoms with E-state index >= 15 is 0 Å². The van der Waals surface area contributed by atoms with Gasteiger partial charge in [-0.05, 0) is 47.5 Å². The van der Waals surface area contributed by atoms with Crippen molar-refractivity contribution in [1.29, 1.82) is 0 Å². The van der Waals surface area contributed by atoms with Crippen molar-refractivity contribution in [3.63, 3.8) is 0 Å². The summed E-state index contributed by atoms with van der Waals surface area (Å²) >= 11 is 0. The summed E-state index contributed by atoms with van der Waals surface area (Å²) in [7, 11) is 0. The maximum Gasteiger partial charge on any atom is 0.251 e. The number of carbonyl (C=O) groups is 3. The topological polar surface area (TPSA) is 87.3 Å². The van der Waals surface area contributed by atoms with Crippen LogP contribution in [-0.4, -0.2) is 24.3 Å². The van der Waals surface area contributed by atoms with E-state index in [-0.39, 0.29) is 24.3 Å². The third-order valence-corrected chi connectivity index (χ3v) is 4.15. The molecule has 3 aromatic rings. The summed E-state index contributed by atoms with van der Waals surface area (Å²) in [6.07, 6.45) is 0. The number of rotatable bonds is 6. The van der Waals surface area contributed by atoms with Crippen molar-refractivity contribution in [2.75, 3.05) is 17.2 Å². The fourth-order valence-corrected chi connectivity index (χ4v) is 2.75. The third-order valence-electron chi connectivity index (χ3n) is 4.15. The average molecular weight is 387 g/mol. The van der Waals surface area contributed by atoms with Gasteiger partial charge in [0.15, 0.2) is 0 Å². The van der Waals surface area contributed by atoms with E-state index < -0.39 is 0 Å². The number of nitrogens with one attached hydrogen (secondary N) is 3. The van der Waals surface area contributed by atoms with Crippen LogP contribution >= 0.6 is 0 Å². The molecule has 3 rings (SSSR count). The molecule has 6 nitrogen and oxygen atoms in total. The van der Waals surface area contributed by atoms with Crippen molar-refractivity contribution in [2.45, 2.75) is 6.92 Å². The maximum absolute atomic E-state index is 12.3. The number of carbonyl (C=O) groups excluding carboxylic acids is 3. The summed E-state index contributed by atoms with van der Waals surface area (Å²) < 4.78 is 0. The van der Waals surface area contributed by atoms with Gasteiger partial charge in [0.05, 0.1) is 6.54 Å². The van der Waals surface area contributed by atoms with Gasteiger partial charge in [-0.15, -0.1) is 0 Å². The Hall–Kier alpha value is -3.93.